The van der Waals surface area contributed by atoms with Crippen molar-refractivity contribution in [2.75, 3.05) is 30.9 Å². The summed E-state index contributed by atoms with van der Waals surface area (Å²) in [5.41, 5.74) is -0.549. The fourth-order valence-electron chi connectivity index (χ4n) is 2.17. The third-order valence-corrected chi connectivity index (χ3v) is 6.42. The number of hydrogen-bond donors (Lipinski definition) is 1. The zero-order chi connectivity index (χ0) is 16.5. The Kier molecular flexibility index (Phi) is 5.44. The van der Waals surface area contributed by atoms with Crippen LogP contribution in [0.25, 0.3) is 0 Å². The van der Waals surface area contributed by atoms with Crippen LogP contribution in [0.3, 0.4) is 0 Å². The molecule has 0 saturated carbocycles. The Morgan fingerprint density at radius 2 is 1.90 bits per heavy atom. The summed E-state index contributed by atoms with van der Waals surface area (Å²) < 4.78 is 47.8. The zero-order valence-corrected chi connectivity index (χ0v) is 14.6. The Morgan fingerprint density at radius 3 is 2.29 bits per heavy atom. The predicted octanol–water partition coefficient (Wildman–Crippen LogP) is -0.403. The van der Waals surface area contributed by atoms with Crippen molar-refractivity contribution < 1.29 is 21.6 Å². The zero-order valence-electron chi connectivity index (χ0n) is 12.9. The van der Waals surface area contributed by atoms with Crippen LogP contribution < -0.4 is 5.32 Å². The van der Waals surface area contributed by atoms with Crippen molar-refractivity contribution in [3.05, 3.63) is 0 Å². The molecule has 9 heteroatoms. The van der Waals surface area contributed by atoms with Gasteiger partial charge in [0.1, 0.15) is 0 Å². The minimum atomic E-state index is -3.51. The van der Waals surface area contributed by atoms with E-state index in [1.807, 2.05) is 0 Å². The number of carbonyl (C=O) groups is 1. The Bertz CT molecular complexity index is 590. The Labute approximate surface area is 127 Å². The lowest BCUT2D eigenvalue weighted by molar-refractivity contribution is -0.128. The predicted molar refractivity (Wildman–Crippen MR) is 81.1 cm³/mol. The smallest absolute Gasteiger partial charge is 0.225 e. The average molecular weight is 340 g/mol. The minimum Gasteiger partial charge on any atom is -0.354 e. The molecule has 1 amide bonds. The highest BCUT2D eigenvalue weighted by atomic mass is 32.2. The first-order valence-corrected chi connectivity index (χ1v) is 10.5. The van der Waals surface area contributed by atoms with Gasteiger partial charge in [-0.1, -0.05) is 20.8 Å². The van der Waals surface area contributed by atoms with Crippen LogP contribution in [-0.4, -0.2) is 63.9 Å². The van der Waals surface area contributed by atoms with Crippen LogP contribution in [0.4, 0.5) is 0 Å². The molecule has 1 fully saturated rings. The Morgan fingerprint density at radius 1 is 1.33 bits per heavy atom. The highest BCUT2D eigenvalue weighted by Gasteiger charge is 2.36. The number of amides is 1. The van der Waals surface area contributed by atoms with E-state index in [0.29, 0.717) is 6.42 Å². The van der Waals surface area contributed by atoms with Crippen LogP contribution in [0.15, 0.2) is 0 Å². The van der Waals surface area contributed by atoms with Gasteiger partial charge in [-0.3, -0.25) is 4.79 Å². The first-order valence-electron chi connectivity index (χ1n) is 6.78. The molecule has 1 atom stereocenters. The normalized spacial score (nSPS) is 22.4. The second kappa shape index (κ2) is 6.21. The Hall–Kier alpha value is -0.670. The Balaban J connectivity index is 2.68. The highest BCUT2D eigenvalue weighted by Crippen LogP contribution is 2.20. The van der Waals surface area contributed by atoms with Gasteiger partial charge in [0, 0.05) is 24.5 Å². The summed E-state index contributed by atoms with van der Waals surface area (Å²) in [6.07, 6.45) is 1.37. The molecule has 0 radical (unpaired) electrons. The maximum Gasteiger partial charge on any atom is 0.225 e. The maximum absolute atomic E-state index is 11.8. The molecule has 21 heavy (non-hydrogen) atoms. The molecule has 0 aromatic heterocycles. The van der Waals surface area contributed by atoms with Gasteiger partial charge in [0.2, 0.25) is 15.9 Å². The number of carbonyl (C=O) groups excluding carboxylic acids is 1. The van der Waals surface area contributed by atoms with E-state index in [1.165, 1.54) is 4.31 Å². The van der Waals surface area contributed by atoms with Crippen molar-refractivity contribution in [1.82, 2.24) is 9.62 Å². The molecule has 1 unspecified atom stereocenters. The van der Waals surface area contributed by atoms with E-state index in [9.17, 15) is 21.6 Å². The lowest BCUT2D eigenvalue weighted by atomic mass is 9.96. The number of nitrogens with one attached hydrogen (secondary N) is 1. The van der Waals surface area contributed by atoms with Gasteiger partial charge in [-0.25, -0.2) is 16.8 Å². The lowest BCUT2D eigenvalue weighted by Gasteiger charge is -2.26. The van der Waals surface area contributed by atoms with Crippen LogP contribution >= 0.6 is 0 Å². The molecule has 0 aromatic rings. The van der Waals surface area contributed by atoms with Crippen molar-refractivity contribution in [2.24, 2.45) is 5.41 Å². The van der Waals surface area contributed by atoms with E-state index < -0.39 is 31.3 Å². The first-order chi connectivity index (χ1) is 9.33. The van der Waals surface area contributed by atoms with Crippen LogP contribution in [0, 0.1) is 5.41 Å². The van der Waals surface area contributed by atoms with E-state index >= 15 is 0 Å². The van der Waals surface area contributed by atoms with Gasteiger partial charge in [0.15, 0.2) is 9.84 Å². The van der Waals surface area contributed by atoms with E-state index in [0.717, 1.165) is 6.26 Å². The summed E-state index contributed by atoms with van der Waals surface area (Å²) in [6.45, 7) is 5.54. The molecule has 124 valence electrons. The maximum atomic E-state index is 11.8. The van der Waals surface area contributed by atoms with Crippen LogP contribution in [0.2, 0.25) is 0 Å². The fourth-order valence-corrected chi connectivity index (χ4v) is 5.14. The number of rotatable bonds is 5. The third kappa shape index (κ3) is 5.55. The third-order valence-electron chi connectivity index (χ3n) is 3.34. The number of sulfonamides is 1. The molecule has 7 nitrogen and oxygen atoms in total. The standard InChI is InChI=1S/C12H24N2O5S2/c1-12(2,3)11(15)13-6-7-14(20(4,16)17)10-5-8-21(18,19)9-10/h10H,5-9H2,1-4H3,(H,13,15). The molecule has 1 N–H and O–H groups in total. The second-order valence-electron chi connectivity index (χ2n) is 6.44. The molecule has 0 aromatic carbocycles. The fraction of sp³-hybridized carbons (Fsp3) is 0.917. The van der Waals surface area contributed by atoms with Crippen molar-refractivity contribution in [3.63, 3.8) is 0 Å². The summed E-state index contributed by atoms with van der Waals surface area (Å²) in [5, 5.41) is 2.67. The number of sulfone groups is 1. The molecule has 1 rings (SSSR count). The van der Waals surface area contributed by atoms with E-state index in [2.05, 4.69) is 5.32 Å². The highest BCUT2D eigenvalue weighted by molar-refractivity contribution is 7.92. The number of nitrogens with zero attached hydrogens (tertiary/aromatic N) is 1. The second-order valence-corrected chi connectivity index (χ2v) is 10.6. The van der Waals surface area contributed by atoms with Gasteiger partial charge in [-0.15, -0.1) is 0 Å². The summed E-state index contributed by atoms with van der Waals surface area (Å²) in [5.74, 6) is -0.305. The number of hydrogen-bond acceptors (Lipinski definition) is 5. The lowest BCUT2D eigenvalue weighted by Crippen LogP contribution is -2.46. The van der Waals surface area contributed by atoms with Gasteiger partial charge in [0.25, 0.3) is 0 Å². The van der Waals surface area contributed by atoms with Gasteiger partial charge in [0.05, 0.1) is 17.8 Å². The molecule has 1 aliphatic heterocycles. The molecule has 1 saturated heterocycles. The molecular weight excluding hydrogens is 316 g/mol. The topological polar surface area (TPSA) is 101 Å². The molecular formula is C12H24N2O5S2. The van der Waals surface area contributed by atoms with Gasteiger partial charge in [-0.05, 0) is 6.42 Å². The summed E-state index contributed by atoms with van der Waals surface area (Å²) in [6, 6.07) is -0.531. The molecule has 1 heterocycles. The summed E-state index contributed by atoms with van der Waals surface area (Å²) in [7, 11) is -6.67. The monoisotopic (exact) mass is 340 g/mol. The van der Waals surface area contributed by atoms with E-state index in [-0.39, 0.29) is 30.5 Å². The summed E-state index contributed by atoms with van der Waals surface area (Å²) in [4.78, 5) is 11.7. The van der Waals surface area contributed by atoms with Crippen LogP contribution in [-0.2, 0) is 24.7 Å². The average Bonchev–Trinajstić information content (AvgIpc) is 2.61. The van der Waals surface area contributed by atoms with E-state index in [4.69, 9.17) is 0 Å². The molecule has 0 spiro atoms. The minimum absolute atomic E-state index is 0.0119. The quantitative estimate of drug-likeness (QED) is 0.734. The first kappa shape index (κ1) is 18.4. The molecule has 0 aliphatic carbocycles. The van der Waals surface area contributed by atoms with Crippen molar-refractivity contribution in [2.45, 2.75) is 33.2 Å². The summed E-state index contributed by atoms with van der Waals surface area (Å²) >= 11 is 0. The molecule has 0 bridgehead atoms. The largest absolute Gasteiger partial charge is 0.354 e. The molecule has 1 aliphatic rings. The SMILES string of the molecule is CC(C)(C)C(=O)NCCN(C1CCS(=O)(=O)C1)S(C)(=O)=O. The van der Waals surface area contributed by atoms with Crippen LogP contribution in [0.5, 0.6) is 0 Å². The van der Waals surface area contributed by atoms with E-state index in [1.54, 1.807) is 20.8 Å². The van der Waals surface area contributed by atoms with Crippen LogP contribution in [0.1, 0.15) is 27.2 Å². The van der Waals surface area contributed by atoms with Gasteiger partial charge < -0.3 is 5.32 Å². The van der Waals surface area contributed by atoms with Crippen molar-refractivity contribution in [3.8, 4) is 0 Å². The van der Waals surface area contributed by atoms with Gasteiger partial charge >= 0.3 is 0 Å². The van der Waals surface area contributed by atoms with Crippen molar-refractivity contribution >= 4 is 25.8 Å². The van der Waals surface area contributed by atoms with Gasteiger partial charge in [-0.2, -0.15) is 4.31 Å². The van der Waals surface area contributed by atoms with Crippen molar-refractivity contribution in [1.29, 1.82) is 0 Å².